The van der Waals surface area contributed by atoms with Gasteiger partial charge in [0.1, 0.15) is 12.4 Å². The van der Waals surface area contributed by atoms with Crippen LogP contribution >= 0.6 is 0 Å². The van der Waals surface area contributed by atoms with E-state index in [4.69, 9.17) is 9.94 Å². The molecule has 1 aliphatic heterocycles. The standard InChI is InChI=1S/C26H30N4O4/c1-16(2)30-13-22(26(32)29-33)24(14-30)28-25(31)18-8-10-20(11-9-18)34-15-19-12-17(3)27-23-7-5-4-6-21(19)23/h4-12,16,22,24,33H,13-15H2,1-3H3,(H,28,31)(H,29,32)/t22-,24?/m0/s1. The van der Waals surface area contributed by atoms with Crippen molar-refractivity contribution in [2.45, 2.75) is 39.5 Å². The quantitative estimate of drug-likeness (QED) is 0.368. The number of benzene rings is 2. The molecule has 1 unspecified atom stereocenters. The first-order valence-electron chi connectivity index (χ1n) is 11.4. The van der Waals surface area contributed by atoms with Gasteiger partial charge in [-0.05, 0) is 57.2 Å². The lowest BCUT2D eigenvalue weighted by molar-refractivity contribution is -0.133. The number of aromatic nitrogens is 1. The number of pyridine rings is 1. The van der Waals surface area contributed by atoms with Crippen LogP contribution in [0, 0.1) is 12.8 Å². The van der Waals surface area contributed by atoms with Crippen LogP contribution in [0.15, 0.2) is 54.6 Å². The summed E-state index contributed by atoms with van der Waals surface area (Å²) < 4.78 is 5.98. The number of hydroxylamine groups is 1. The van der Waals surface area contributed by atoms with Gasteiger partial charge in [-0.2, -0.15) is 0 Å². The van der Waals surface area contributed by atoms with Crippen molar-refractivity contribution in [2.75, 3.05) is 13.1 Å². The van der Waals surface area contributed by atoms with Gasteiger partial charge in [0.25, 0.3) is 5.91 Å². The molecule has 3 N–H and O–H groups in total. The highest BCUT2D eigenvalue weighted by molar-refractivity contribution is 5.95. The molecule has 0 bridgehead atoms. The van der Waals surface area contributed by atoms with E-state index >= 15 is 0 Å². The van der Waals surface area contributed by atoms with Crippen LogP contribution in [0.3, 0.4) is 0 Å². The summed E-state index contributed by atoms with van der Waals surface area (Å²) in [6.07, 6.45) is 0. The Morgan fingerprint density at radius 1 is 1.15 bits per heavy atom. The van der Waals surface area contributed by atoms with E-state index in [0.717, 1.165) is 22.2 Å². The van der Waals surface area contributed by atoms with Crippen LogP contribution in [0.25, 0.3) is 10.9 Å². The summed E-state index contributed by atoms with van der Waals surface area (Å²) in [4.78, 5) is 31.6. The molecule has 4 rings (SSSR count). The number of hydrogen-bond donors (Lipinski definition) is 3. The number of likely N-dealkylation sites (tertiary alicyclic amines) is 1. The number of fused-ring (bicyclic) bond motifs is 1. The Hall–Kier alpha value is -3.49. The number of ether oxygens (including phenoxy) is 1. The molecule has 34 heavy (non-hydrogen) atoms. The van der Waals surface area contributed by atoms with Gasteiger partial charge in [0.15, 0.2) is 0 Å². The third-order valence-corrected chi connectivity index (χ3v) is 6.28. The second kappa shape index (κ2) is 10.2. The number of para-hydroxylation sites is 1. The number of nitrogens with one attached hydrogen (secondary N) is 2. The molecular weight excluding hydrogens is 432 g/mol. The zero-order chi connectivity index (χ0) is 24.2. The van der Waals surface area contributed by atoms with Gasteiger partial charge in [-0.3, -0.25) is 24.7 Å². The first-order valence-corrected chi connectivity index (χ1v) is 11.4. The molecule has 1 aliphatic rings. The third-order valence-electron chi connectivity index (χ3n) is 6.28. The fraction of sp³-hybridized carbons (Fsp3) is 0.346. The van der Waals surface area contributed by atoms with Crippen molar-refractivity contribution in [3.63, 3.8) is 0 Å². The second-order valence-corrected chi connectivity index (χ2v) is 8.96. The lowest BCUT2D eigenvalue weighted by atomic mass is 10.0. The highest BCUT2D eigenvalue weighted by atomic mass is 16.5. The van der Waals surface area contributed by atoms with Crippen LogP contribution in [0.5, 0.6) is 5.75 Å². The number of rotatable bonds is 7. The van der Waals surface area contributed by atoms with E-state index in [1.807, 2.05) is 51.1 Å². The zero-order valence-corrected chi connectivity index (χ0v) is 19.6. The molecule has 3 aromatic rings. The molecule has 2 atom stereocenters. The number of hydrogen-bond acceptors (Lipinski definition) is 6. The van der Waals surface area contributed by atoms with Gasteiger partial charge in [-0.1, -0.05) is 18.2 Å². The number of carbonyl (C=O) groups excluding carboxylic acids is 2. The molecule has 178 valence electrons. The molecular formula is C26H30N4O4. The smallest absolute Gasteiger partial charge is 0.251 e. The van der Waals surface area contributed by atoms with E-state index in [-0.39, 0.29) is 18.0 Å². The van der Waals surface area contributed by atoms with Crippen LogP contribution < -0.4 is 15.5 Å². The van der Waals surface area contributed by atoms with Gasteiger partial charge in [-0.15, -0.1) is 0 Å². The minimum Gasteiger partial charge on any atom is -0.489 e. The highest BCUT2D eigenvalue weighted by Crippen LogP contribution is 2.22. The summed E-state index contributed by atoms with van der Waals surface area (Å²) in [5, 5.41) is 13.1. The Balaban J connectivity index is 1.41. The van der Waals surface area contributed by atoms with Gasteiger partial charge in [0.2, 0.25) is 5.91 Å². The van der Waals surface area contributed by atoms with E-state index in [1.54, 1.807) is 29.7 Å². The molecule has 1 saturated heterocycles. The number of aryl methyl sites for hydroxylation is 1. The van der Waals surface area contributed by atoms with Crippen molar-refractivity contribution in [3.8, 4) is 5.75 Å². The van der Waals surface area contributed by atoms with E-state index in [1.165, 1.54) is 0 Å². The van der Waals surface area contributed by atoms with Gasteiger partial charge in [-0.25, -0.2) is 5.48 Å². The first-order chi connectivity index (χ1) is 16.4. The van der Waals surface area contributed by atoms with E-state index in [0.29, 0.717) is 31.0 Å². The van der Waals surface area contributed by atoms with Gasteiger partial charge in [0.05, 0.1) is 17.5 Å². The molecule has 2 heterocycles. The van der Waals surface area contributed by atoms with E-state index in [9.17, 15) is 9.59 Å². The van der Waals surface area contributed by atoms with Gasteiger partial charge < -0.3 is 10.1 Å². The van der Waals surface area contributed by atoms with Crippen molar-refractivity contribution in [3.05, 3.63) is 71.4 Å². The van der Waals surface area contributed by atoms with Gasteiger partial charge in [0, 0.05) is 41.3 Å². The van der Waals surface area contributed by atoms with Crippen LogP contribution in [-0.2, 0) is 11.4 Å². The van der Waals surface area contributed by atoms with Crippen LogP contribution in [-0.4, -0.2) is 52.1 Å². The van der Waals surface area contributed by atoms with Crippen LogP contribution in [0.1, 0.15) is 35.5 Å². The maximum absolute atomic E-state index is 12.8. The lowest BCUT2D eigenvalue weighted by Gasteiger charge is -2.20. The summed E-state index contributed by atoms with van der Waals surface area (Å²) in [5.74, 6) is -0.623. The molecule has 0 saturated carbocycles. The second-order valence-electron chi connectivity index (χ2n) is 8.96. The Kier molecular flexibility index (Phi) is 7.09. The van der Waals surface area contributed by atoms with E-state index in [2.05, 4.69) is 15.2 Å². The van der Waals surface area contributed by atoms with Crippen LogP contribution in [0.2, 0.25) is 0 Å². The maximum Gasteiger partial charge on any atom is 0.251 e. The molecule has 0 spiro atoms. The zero-order valence-electron chi connectivity index (χ0n) is 19.6. The first kappa shape index (κ1) is 23.7. The Labute approximate surface area is 198 Å². The summed E-state index contributed by atoms with van der Waals surface area (Å²) in [6, 6.07) is 16.8. The minimum atomic E-state index is -0.516. The third kappa shape index (κ3) is 5.18. The van der Waals surface area contributed by atoms with Gasteiger partial charge >= 0.3 is 0 Å². The molecule has 1 aromatic heterocycles. The molecule has 0 radical (unpaired) electrons. The Morgan fingerprint density at radius 2 is 1.88 bits per heavy atom. The predicted molar refractivity (Wildman–Crippen MR) is 129 cm³/mol. The molecule has 2 aromatic carbocycles. The normalized spacial score (nSPS) is 18.3. The number of nitrogens with zero attached hydrogens (tertiary/aromatic N) is 2. The highest BCUT2D eigenvalue weighted by Gasteiger charge is 2.39. The summed E-state index contributed by atoms with van der Waals surface area (Å²) >= 11 is 0. The topological polar surface area (TPSA) is 104 Å². The maximum atomic E-state index is 12.8. The predicted octanol–water partition coefficient (Wildman–Crippen LogP) is 3.07. The lowest BCUT2D eigenvalue weighted by Crippen LogP contribution is -2.45. The number of carbonyl (C=O) groups is 2. The molecule has 0 aliphatic carbocycles. The summed E-state index contributed by atoms with van der Waals surface area (Å²) in [6.45, 7) is 7.44. The molecule has 1 fully saturated rings. The average molecular weight is 463 g/mol. The van der Waals surface area contributed by atoms with Crippen molar-refractivity contribution < 1.29 is 19.5 Å². The van der Waals surface area contributed by atoms with E-state index < -0.39 is 11.8 Å². The van der Waals surface area contributed by atoms with Crippen molar-refractivity contribution in [2.24, 2.45) is 5.92 Å². The monoisotopic (exact) mass is 462 g/mol. The Morgan fingerprint density at radius 3 is 2.59 bits per heavy atom. The minimum absolute atomic E-state index is 0.230. The largest absolute Gasteiger partial charge is 0.489 e. The fourth-order valence-electron chi connectivity index (χ4n) is 4.38. The molecule has 2 amide bonds. The fourth-order valence-corrected chi connectivity index (χ4v) is 4.38. The van der Waals surface area contributed by atoms with Crippen molar-refractivity contribution in [1.29, 1.82) is 0 Å². The van der Waals surface area contributed by atoms with Crippen molar-refractivity contribution in [1.82, 2.24) is 20.7 Å². The average Bonchev–Trinajstić information content (AvgIpc) is 3.26. The Bertz CT molecular complexity index is 1180. The van der Waals surface area contributed by atoms with Crippen LogP contribution in [0.4, 0.5) is 0 Å². The SMILES string of the molecule is Cc1cc(COc2ccc(C(=O)NC3CN(C(C)C)C[C@@H]3C(=O)NO)cc2)c2ccccc2n1. The molecule has 8 nitrogen and oxygen atoms in total. The number of amides is 2. The van der Waals surface area contributed by atoms with Crippen molar-refractivity contribution >= 4 is 22.7 Å². The summed E-state index contributed by atoms with van der Waals surface area (Å²) in [5.41, 5.74) is 5.11. The summed E-state index contributed by atoms with van der Waals surface area (Å²) in [7, 11) is 0. The molecule has 8 heteroatoms.